The quantitative estimate of drug-likeness (QED) is 0.773. The number of nitrogens with zero attached hydrogens (tertiary/aromatic N) is 3. The highest BCUT2D eigenvalue weighted by Crippen LogP contribution is 2.29. The number of pyridine rings is 1. The van der Waals surface area contributed by atoms with Crippen molar-refractivity contribution in [2.45, 2.75) is 12.7 Å². The van der Waals surface area contributed by atoms with E-state index in [0.717, 1.165) is 12.1 Å². The second-order valence-corrected chi connectivity index (χ2v) is 4.99. The van der Waals surface area contributed by atoms with Crippen LogP contribution in [-0.4, -0.2) is 20.9 Å². The number of fused-ring (bicyclic) bond motifs is 1. The number of hydrogen-bond donors (Lipinski definition) is 2. The Morgan fingerprint density at radius 3 is 2.62 bits per heavy atom. The summed E-state index contributed by atoms with van der Waals surface area (Å²) >= 11 is 0. The van der Waals surface area contributed by atoms with E-state index in [2.05, 4.69) is 20.9 Å². The van der Waals surface area contributed by atoms with Crippen molar-refractivity contribution in [3.05, 3.63) is 59.9 Å². The van der Waals surface area contributed by atoms with Crippen LogP contribution in [0.2, 0.25) is 0 Å². The molecule has 6 nitrogen and oxygen atoms in total. The molecule has 2 amide bonds. The average Bonchev–Trinajstić information content (AvgIpc) is 3.02. The van der Waals surface area contributed by atoms with E-state index in [1.54, 1.807) is 18.3 Å². The van der Waals surface area contributed by atoms with Gasteiger partial charge in [-0.15, -0.1) is 5.10 Å². The predicted octanol–water partition coefficient (Wildman–Crippen LogP) is 3.07. The molecule has 124 valence electrons. The Morgan fingerprint density at radius 1 is 1.17 bits per heavy atom. The zero-order valence-corrected chi connectivity index (χ0v) is 12.2. The van der Waals surface area contributed by atoms with E-state index < -0.39 is 17.8 Å². The molecule has 0 unspecified atom stereocenters. The first kappa shape index (κ1) is 15.8. The van der Waals surface area contributed by atoms with Crippen LogP contribution < -0.4 is 10.6 Å². The van der Waals surface area contributed by atoms with Crippen molar-refractivity contribution < 1.29 is 18.0 Å². The molecule has 0 aliphatic heterocycles. The number of carbonyl (C=O) groups excluding carboxylic acids is 1. The Morgan fingerprint density at radius 2 is 1.92 bits per heavy atom. The Balaban J connectivity index is 1.61. The predicted molar refractivity (Wildman–Crippen MR) is 80.3 cm³/mol. The van der Waals surface area contributed by atoms with Crippen LogP contribution in [0.15, 0.2) is 48.8 Å². The molecule has 3 aromatic rings. The van der Waals surface area contributed by atoms with Gasteiger partial charge in [0, 0.05) is 12.7 Å². The Labute approximate surface area is 134 Å². The third kappa shape index (κ3) is 3.45. The van der Waals surface area contributed by atoms with Gasteiger partial charge in [-0.25, -0.2) is 9.31 Å². The number of anilines is 1. The maximum Gasteiger partial charge on any atom is 0.416 e. The topological polar surface area (TPSA) is 71.3 Å². The van der Waals surface area contributed by atoms with Crippen molar-refractivity contribution in [1.29, 1.82) is 0 Å². The van der Waals surface area contributed by atoms with Gasteiger partial charge in [0.1, 0.15) is 5.52 Å². The molecule has 2 N–H and O–H groups in total. The molecule has 0 aliphatic rings. The summed E-state index contributed by atoms with van der Waals surface area (Å²) < 4.78 is 39.0. The minimum Gasteiger partial charge on any atom is -0.334 e. The van der Waals surface area contributed by atoms with Crippen LogP contribution in [0, 0.1) is 0 Å². The van der Waals surface area contributed by atoms with E-state index in [-0.39, 0.29) is 6.54 Å². The van der Waals surface area contributed by atoms with Gasteiger partial charge in [-0.3, -0.25) is 0 Å². The van der Waals surface area contributed by atoms with Gasteiger partial charge >= 0.3 is 12.2 Å². The van der Waals surface area contributed by atoms with Gasteiger partial charge in [-0.05, 0) is 29.8 Å². The molecule has 3 rings (SSSR count). The standard InChI is InChI=1S/C15H12F3N5O/c16-15(17,18)11-5-3-10(4-6-11)8-19-14(24)21-12-2-1-7-23-13(12)9-20-22-23/h1-7,9H,8H2,(H2,19,21,24). The van der Waals surface area contributed by atoms with Crippen LogP contribution in [-0.2, 0) is 12.7 Å². The van der Waals surface area contributed by atoms with Crippen LogP contribution in [0.4, 0.5) is 23.7 Å². The SMILES string of the molecule is O=C(NCc1ccc(C(F)(F)F)cc1)Nc1cccn2nncc12. The van der Waals surface area contributed by atoms with Crippen molar-refractivity contribution in [3.63, 3.8) is 0 Å². The number of alkyl halides is 3. The Hall–Kier alpha value is -3.10. The summed E-state index contributed by atoms with van der Waals surface area (Å²) in [4.78, 5) is 11.9. The lowest BCUT2D eigenvalue weighted by molar-refractivity contribution is -0.137. The minimum atomic E-state index is -4.37. The van der Waals surface area contributed by atoms with E-state index in [1.807, 2.05) is 0 Å². The first-order chi connectivity index (χ1) is 11.4. The number of rotatable bonds is 3. The molecule has 24 heavy (non-hydrogen) atoms. The van der Waals surface area contributed by atoms with Gasteiger partial charge in [0.05, 0.1) is 17.4 Å². The number of hydrogen-bond acceptors (Lipinski definition) is 3. The van der Waals surface area contributed by atoms with Gasteiger partial charge in [0.25, 0.3) is 0 Å². The van der Waals surface area contributed by atoms with Crippen LogP contribution in [0.3, 0.4) is 0 Å². The molecule has 0 fully saturated rings. The fraction of sp³-hybridized carbons (Fsp3) is 0.133. The van der Waals surface area contributed by atoms with Gasteiger partial charge in [0.2, 0.25) is 0 Å². The Bertz CT molecular complexity index is 857. The second kappa shape index (κ2) is 6.19. The highest BCUT2D eigenvalue weighted by molar-refractivity contribution is 5.93. The zero-order chi connectivity index (χ0) is 17.2. The number of benzene rings is 1. The molecule has 0 spiro atoms. The van der Waals surface area contributed by atoms with Crippen molar-refractivity contribution in [3.8, 4) is 0 Å². The summed E-state index contributed by atoms with van der Waals surface area (Å²) in [7, 11) is 0. The highest BCUT2D eigenvalue weighted by atomic mass is 19.4. The normalized spacial score (nSPS) is 11.5. The monoisotopic (exact) mass is 335 g/mol. The minimum absolute atomic E-state index is 0.102. The summed E-state index contributed by atoms with van der Waals surface area (Å²) in [5.74, 6) is 0. The van der Waals surface area contributed by atoms with Crippen molar-refractivity contribution in [2.24, 2.45) is 0 Å². The van der Waals surface area contributed by atoms with E-state index in [1.165, 1.54) is 22.8 Å². The Kier molecular flexibility index (Phi) is 4.07. The molecule has 2 aromatic heterocycles. The fourth-order valence-electron chi connectivity index (χ4n) is 2.12. The molecule has 0 aliphatic carbocycles. The average molecular weight is 335 g/mol. The molecule has 9 heteroatoms. The molecule has 1 aromatic carbocycles. The number of nitrogens with one attached hydrogen (secondary N) is 2. The number of aromatic nitrogens is 3. The third-order valence-corrected chi connectivity index (χ3v) is 3.32. The van der Waals surface area contributed by atoms with Crippen molar-refractivity contribution in [2.75, 3.05) is 5.32 Å². The number of halogens is 3. The van der Waals surface area contributed by atoms with Gasteiger partial charge in [-0.1, -0.05) is 17.3 Å². The van der Waals surface area contributed by atoms with Crippen molar-refractivity contribution in [1.82, 2.24) is 20.1 Å². The number of carbonyl (C=O) groups is 1. The fourth-order valence-corrected chi connectivity index (χ4v) is 2.12. The van der Waals surface area contributed by atoms with Crippen molar-refractivity contribution >= 4 is 17.2 Å². The van der Waals surface area contributed by atoms with Crippen LogP contribution in [0.1, 0.15) is 11.1 Å². The van der Waals surface area contributed by atoms with Crippen LogP contribution in [0.25, 0.3) is 5.52 Å². The summed E-state index contributed by atoms with van der Waals surface area (Å²) in [6, 6.07) is 7.52. The largest absolute Gasteiger partial charge is 0.416 e. The molecule has 2 heterocycles. The van der Waals surface area contributed by atoms with Crippen LogP contribution >= 0.6 is 0 Å². The maximum absolute atomic E-state index is 12.5. The van der Waals surface area contributed by atoms with E-state index >= 15 is 0 Å². The summed E-state index contributed by atoms with van der Waals surface area (Å²) in [5, 5.41) is 12.8. The third-order valence-electron chi connectivity index (χ3n) is 3.32. The molecular formula is C15H12F3N5O. The van der Waals surface area contributed by atoms with E-state index in [4.69, 9.17) is 0 Å². The molecule has 0 saturated heterocycles. The first-order valence-electron chi connectivity index (χ1n) is 6.93. The first-order valence-corrected chi connectivity index (χ1v) is 6.93. The molecule has 0 bridgehead atoms. The highest BCUT2D eigenvalue weighted by Gasteiger charge is 2.29. The molecule has 0 saturated carbocycles. The lowest BCUT2D eigenvalue weighted by Gasteiger charge is -2.10. The van der Waals surface area contributed by atoms with E-state index in [9.17, 15) is 18.0 Å². The summed E-state index contributed by atoms with van der Waals surface area (Å²) in [6.07, 6.45) is -1.18. The number of urea groups is 1. The molecule has 0 radical (unpaired) electrons. The maximum atomic E-state index is 12.5. The summed E-state index contributed by atoms with van der Waals surface area (Å²) in [6.45, 7) is 0.102. The van der Waals surface area contributed by atoms with Gasteiger partial charge in [0.15, 0.2) is 0 Å². The lowest BCUT2D eigenvalue weighted by Crippen LogP contribution is -2.28. The molecular weight excluding hydrogens is 323 g/mol. The van der Waals surface area contributed by atoms with E-state index in [0.29, 0.717) is 16.8 Å². The summed E-state index contributed by atoms with van der Waals surface area (Å²) in [5.41, 5.74) is 0.979. The number of amides is 2. The zero-order valence-electron chi connectivity index (χ0n) is 12.2. The van der Waals surface area contributed by atoms with Gasteiger partial charge < -0.3 is 10.6 Å². The van der Waals surface area contributed by atoms with Crippen LogP contribution in [0.5, 0.6) is 0 Å². The lowest BCUT2D eigenvalue weighted by atomic mass is 10.1. The molecule has 0 atom stereocenters. The smallest absolute Gasteiger partial charge is 0.334 e. The second-order valence-electron chi connectivity index (χ2n) is 4.99. The van der Waals surface area contributed by atoms with Gasteiger partial charge in [-0.2, -0.15) is 13.2 Å².